The number of nitrogens with zero attached hydrogens (tertiary/aromatic N) is 3. The largest absolute Gasteiger partial charge is 0.466 e. The van der Waals surface area contributed by atoms with Gasteiger partial charge in [0.2, 0.25) is 0 Å². The third-order valence-electron chi connectivity index (χ3n) is 3.89. The lowest BCUT2D eigenvalue weighted by molar-refractivity contribution is -0.134. The first kappa shape index (κ1) is 18.8. The molecular weight excluding hydrogens is 365 g/mol. The summed E-state index contributed by atoms with van der Waals surface area (Å²) in [6.45, 7) is 0. The van der Waals surface area contributed by atoms with E-state index < -0.39 is 0 Å². The number of esters is 1. The molecule has 2 aromatic heterocycles. The van der Waals surface area contributed by atoms with Gasteiger partial charge in [-0.1, -0.05) is 17.8 Å². The molecule has 0 spiro atoms. The van der Waals surface area contributed by atoms with Crippen LogP contribution in [0.5, 0.6) is 0 Å². The molecule has 0 saturated carbocycles. The van der Waals surface area contributed by atoms with Gasteiger partial charge in [0.25, 0.3) is 0 Å². The molecule has 0 aliphatic carbocycles. The number of ether oxygens (including phenoxy) is 1. The Labute approximate surface area is 160 Å². The Balaban J connectivity index is 1.97. The van der Waals surface area contributed by atoms with E-state index >= 15 is 0 Å². The molecule has 2 heterocycles. The second-order valence-electron chi connectivity index (χ2n) is 5.63. The molecule has 7 heteroatoms. The minimum Gasteiger partial charge on any atom is -0.466 e. The predicted molar refractivity (Wildman–Crippen MR) is 104 cm³/mol. The Morgan fingerprint density at radius 1 is 1.19 bits per heavy atom. The van der Waals surface area contributed by atoms with Crippen molar-refractivity contribution in [2.75, 3.05) is 12.9 Å². The third kappa shape index (κ3) is 4.43. The quantitative estimate of drug-likeness (QED) is 0.364. The second-order valence-corrected chi connectivity index (χ2v) is 6.62. The number of rotatable bonds is 6. The van der Waals surface area contributed by atoms with Crippen LogP contribution in [0.25, 0.3) is 22.5 Å². The number of pyridine rings is 1. The molecule has 0 amide bonds. The third-order valence-corrected chi connectivity index (χ3v) is 4.87. The molecule has 0 bridgehead atoms. The fourth-order valence-corrected chi connectivity index (χ4v) is 3.37. The molecule has 27 heavy (non-hydrogen) atoms. The number of hydrogen-bond acceptors (Lipinski definition) is 5. The molecule has 5 nitrogen and oxygen atoms in total. The summed E-state index contributed by atoms with van der Waals surface area (Å²) in [6, 6.07) is 10.1. The number of carbonyl (C=O) groups excluding carboxylic acids is 1. The summed E-state index contributed by atoms with van der Waals surface area (Å²) >= 11 is 1.49. The summed E-state index contributed by atoms with van der Waals surface area (Å²) in [5, 5.41) is 0.788. The summed E-state index contributed by atoms with van der Waals surface area (Å²) in [4.78, 5) is 20.0. The summed E-state index contributed by atoms with van der Waals surface area (Å²) < 4.78 is 19.9. The molecule has 0 aliphatic heterocycles. The highest BCUT2D eigenvalue weighted by Gasteiger charge is 2.18. The Hall–Kier alpha value is -2.93. The Morgan fingerprint density at radius 2 is 1.89 bits per heavy atom. The van der Waals surface area contributed by atoms with E-state index in [1.807, 2.05) is 23.7 Å². The van der Waals surface area contributed by atoms with Crippen molar-refractivity contribution in [1.82, 2.24) is 14.5 Å². The van der Waals surface area contributed by atoms with Crippen LogP contribution in [0, 0.1) is 5.82 Å². The molecular formula is C20H18FN3O2S. The highest BCUT2D eigenvalue weighted by Crippen LogP contribution is 2.35. The van der Waals surface area contributed by atoms with E-state index in [-0.39, 0.29) is 11.8 Å². The Morgan fingerprint density at radius 3 is 2.56 bits per heavy atom. The molecule has 0 fully saturated rings. The van der Waals surface area contributed by atoms with Crippen LogP contribution >= 0.6 is 11.8 Å². The Kier molecular flexibility index (Phi) is 6.03. The lowest BCUT2D eigenvalue weighted by Gasteiger charge is -2.07. The average molecular weight is 383 g/mol. The van der Waals surface area contributed by atoms with Crippen molar-refractivity contribution in [1.29, 1.82) is 0 Å². The molecule has 0 radical (unpaired) electrons. The van der Waals surface area contributed by atoms with Crippen LogP contribution in [0.1, 0.15) is 0 Å². The van der Waals surface area contributed by atoms with Crippen LogP contribution < -0.4 is 0 Å². The number of carbonyl (C=O) groups is 1. The van der Waals surface area contributed by atoms with Gasteiger partial charge >= 0.3 is 5.97 Å². The highest BCUT2D eigenvalue weighted by molar-refractivity contribution is 7.99. The first-order valence-corrected chi connectivity index (χ1v) is 9.19. The summed E-state index contributed by atoms with van der Waals surface area (Å²) in [6.07, 6.45) is 6.57. The zero-order chi connectivity index (χ0) is 19.2. The van der Waals surface area contributed by atoms with Crippen molar-refractivity contribution >= 4 is 17.7 Å². The molecule has 0 atom stereocenters. The lowest BCUT2D eigenvalue weighted by Crippen LogP contribution is -1.96. The lowest BCUT2D eigenvalue weighted by atomic mass is 10.1. The number of hydrogen-bond donors (Lipinski definition) is 0. The van der Waals surface area contributed by atoms with Gasteiger partial charge in [0, 0.05) is 42.4 Å². The summed E-state index contributed by atoms with van der Waals surface area (Å²) in [7, 11) is 3.27. The summed E-state index contributed by atoms with van der Waals surface area (Å²) in [5.41, 5.74) is 3.48. The van der Waals surface area contributed by atoms with Gasteiger partial charge in [0.05, 0.1) is 18.5 Å². The van der Waals surface area contributed by atoms with Gasteiger partial charge in [-0.2, -0.15) is 0 Å². The topological polar surface area (TPSA) is 57.0 Å². The molecule has 3 aromatic rings. The van der Waals surface area contributed by atoms with Crippen molar-refractivity contribution < 1.29 is 13.9 Å². The van der Waals surface area contributed by atoms with Gasteiger partial charge in [-0.25, -0.2) is 14.2 Å². The van der Waals surface area contributed by atoms with E-state index in [9.17, 15) is 9.18 Å². The first-order valence-electron chi connectivity index (χ1n) is 8.20. The van der Waals surface area contributed by atoms with E-state index in [0.29, 0.717) is 5.75 Å². The average Bonchev–Trinajstić information content (AvgIpc) is 3.02. The van der Waals surface area contributed by atoms with E-state index in [1.165, 1.54) is 37.1 Å². The highest BCUT2D eigenvalue weighted by atomic mass is 32.2. The fraction of sp³-hybridized carbons (Fsp3) is 0.150. The smallest absolute Gasteiger partial charge is 0.330 e. The van der Waals surface area contributed by atoms with Crippen molar-refractivity contribution in [3.05, 3.63) is 66.8 Å². The molecule has 3 rings (SSSR count). The maximum absolute atomic E-state index is 13.3. The molecule has 0 saturated heterocycles. The number of halogens is 1. The fourth-order valence-electron chi connectivity index (χ4n) is 2.59. The van der Waals surface area contributed by atoms with E-state index in [0.717, 1.165) is 27.7 Å². The van der Waals surface area contributed by atoms with Gasteiger partial charge in [-0.15, -0.1) is 0 Å². The van der Waals surface area contributed by atoms with Crippen LogP contribution in [-0.2, 0) is 16.6 Å². The molecule has 0 N–H and O–H groups in total. The summed E-state index contributed by atoms with van der Waals surface area (Å²) in [5.74, 6) is -0.110. The minimum atomic E-state index is -0.389. The van der Waals surface area contributed by atoms with Gasteiger partial charge in [0.15, 0.2) is 5.16 Å². The number of benzene rings is 1. The van der Waals surface area contributed by atoms with Crippen molar-refractivity contribution in [3.63, 3.8) is 0 Å². The number of aromatic nitrogens is 3. The molecule has 0 aliphatic rings. The first-order chi connectivity index (χ1) is 13.1. The SMILES string of the molecule is COC(=O)C=CCSc1nc(-c2ccc(F)cc2)c(-c2ccncc2)n1C. The predicted octanol–water partition coefficient (Wildman–Crippen LogP) is 4.11. The van der Waals surface area contributed by atoms with Gasteiger partial charge in [0.1, 0.15) is 5.82 Å². The van der Waals surface area contributed by atoms with Crippen molar-refractivity contribution in [2.24, 2.45) is 7.05 Å². The number of methoxy groups -OCH3 is 1. The maximum Gasteiger partial charge on any atom is 0.330 e. The molecule has 1 aromatic carbocycles. The zero-order valence-corrected chi connectivity index (χ0v) is 15.7. The zero-order valence-electron chi connectivity index (χ0n) is 14.9. The van der Waals surface area contributed by atoms with Crippen LogP contribution in [0.2, 0.25) is 0 Å². The maximum atomic E-state index is 13.3. The number of imidazole rings is 1. The van der Waals surface area contributed by atoms with E-state index in [4.69, 9.17) is 4.98 Å². The van der Waals surface area contributed by atoms with Crippen LogP contribution in [0.15, 0.2) is 66.1 Å². The Bertz CT molecular complexity index is 953. The van der Waals surface area contributed by atoms with Crippen LogP contribution in [0.4, 0.5) is 4.39 Å². The van der Waals surface area contributed by atoms with Crippen molar-refractivity contribution in [3.8, 4) is 22.5 Å². The van der Waals surface area contributed by atoms with Crippen LogP contribution in [0.3, 0.4) is 0 Å². The van der Waals surface area contributed by atoms with E-state index in [1.54, 1.807) is 30.6 Å². The monoisotopic (exact) mass is 383 g/mol. The standard InChI is InChI=1S/C20H18FN3O2S/c1-24-19(15-9-11-22-12-10-15)18(14-5-7-16(21)8-6-14)23-20(24)27-13-3-4-17(25)26-2/h3-12H,13H2,1-2H3. The van der Waals surface area contributed by atoms with E-state index in [2.05, 4.69) is 9.72 Å². The second kappa shape index (κ2) is 8.64. The van der Waals surface area contributed by atoms with Gasteiger partial charge in [-0.05, 0) is 36.4 Å². The molecule has 0 unspecified atom stereocenters. The normalized spacial score (nSPS) is 11.1. The minimum absolute atomic E-state index is 0.289. The van der Waals surface area contributed by atoms with Gasteiger partial charge < -0.3 is 9.30 Å². The van der Waals surface area contributed by atoms with Crippen LogP contribution in [-0.4, -0.2) is 33.4 Å². The van der Waals surface area contributed by atoms with Gasteiger partial charge in [-0.3, -0.25) is 4.98 Å². The van der Waals surface area contributed by atoms with Crippen molar-refractivity contribution in [2.45, 2.75) is 5.16 Å². The number of thioether (sulfide) groups is 1. The molecule has 138 valence electrons.